The van der Waals surface area contributed by atoms with Gasteiger partial charge in [-0.3, -0.25) is 19.9 Å². The molecule has 0 aliphatic carbocycles. The van der Waals surface area contributed by atoms with Crippen LogP contribution in [-0.4, -0.2) is 20.7 Å². The maximum Gasteiger partial charge on any atom is 0.266 e. The number of amides is 1. The fraction of sp³-hybridized carbons (Fsp3) is 0.182. The van der Waals surface area contributed by atoms with Crippen LogP contribution < -0.4 is 11.3 Å². The van der Waals surface area contributed by atoms with Gasteiger partial charge in [0.05, 0.1) is 17.5 Å². The maximum atomic E-state index is 11.2. The molecule has 7 heteroatoms. The van der Waals surface area contributed by atoms with E-state index in [1.807, 2.05) is 19.3 Å². The summed E-state index contributed by atoms with van der Waals surface area (Å²) in [5.74, 6) is 5.43. The summed E-state index contributed by atoms with van der Waals surface area (Å²) < 4.78 is 1.75. The largest absolute Gasteiger partial charge is 0.290 e. The van der Waals surface area contributed by atoms with Crippen molar-refractivity contribution >= 4 is 17.7 Å². The van der Waals surface area contributed by atoms with Crippen molar-refractivity contribution in [2.24, 2.45) is 12.9 Å². The summed E-state index contributed by atoms with van der Waals surface area (Å²) in [5, 5.41) is 4.09. The van der Waals surface area contributed by atoms with Gasteiger partial charge in [0, 0.05) is 30.1 Å². The van der Waals surface area contributed by atoms with Gasteiger partial charge in [0.15, 0.2) is 0 Å². The van der Waals surface area contributed by atoms with Crippen LogP contribution in [0.2, 0.25) is 0 Å². The molecule has 0 aliphatic rings. The number of nitrogen functional groups attached to an aromatic ring is 1. The smallest absolute Gasteiger partial charge is 0.266 e. The van der Waals surface area contributed by atoms with E-state index in [-0.39, 0.29) is 5.91 Å². The van der Waals surface area contributed by atoms with Crippen LogP contribution in [0, 0.1) is 0 Å². The van der Waals surface area contributed by atoms with Crippen LogP contribution in [0.3, 0.4) is 0 Å². The minimum atomic E-state index is -0.339. The van der Waals surface area contributed by atoms with Gasteiger partial charge in [-0.05, 0) is 12.1 Å². The molecule has 0 radical (unpaired) electrons. The summed E-state index contributed by atoms with van der Waals surface area (Å²) in [5.41, 5.74) is 3.42. The van der Waals surface area contributed by atoms with Crippen LogP contribution in [0.1, 0.15) is 16.1 Å². The fourth-order valence-corrected chi connectivity index (χ4v) is 2.19. The number of pyridine rings is 1. The molecule has 0 atom stereocenters. The van der Waals surface area contributed by atoms with Crippen LogP contribution in [0.5, 0.6) is 0 Å². The number of hydrazine groups is 1. The Labute approximate surface area is 109 Å². The van der Waals surface area contributed by atoms with Crippen LogP contribution >= 0.6 is 11.8 Å². The molecule has 94 valence electrons. The molecule has 0 aliphatic heterocycles. The molecule has 1 amide bonds. The number of hydrogen-bond donors (Lipinski definition) is 2. The third-order valence-electron chi connectivity index (χ3n) is 2.29. The van der Waals surface area contributed by atoms with Gasteiger partial charge in [0.1, 0.15) is 0 Å². The second kappa shape index (κ2) is 5.65. The first-order valence-electron chi connectivity index (χ1n) is 5.26. The average molecular weight is 263 g/mol. The number of rotatable bonds is 4. The number of aryl methyl sites for hydroxylation is 1. The van der Waals surface area contributed by atoms with Crippen molar-refractivity contribution in [1.29, 1.82) is 0 Å². The van der Waals surface area contributed by atoms with E-state index in [1.165, 1.54) is 6.20 Å². The maximum absolute atomic E-state index is 11.2. The summed E-state index contributed by atoms with van der Waals surface area (Å²) in [7, 11) is 1.88. The lowest BCUT2D eigenvalue weighted by Gasteiger charge is -2.01. The summed E-state index contributed by atoms with van der Waals surface area (Å²) in [6.07, 6.45) is 5.27. The van der Waals surface area contributed by atoms with E-state index in [9.17, 15) is 4.79 Å². The molecular weight excluding hydrogens is 250 g/mol. The molecule has 18 heavy (non-hydrogen) atoms. The third-order valence-corrected chi connectivity index (χ3v) is 3.27. The molecular formula is C11H13N5OS. The first kappa shape index (κ1) is 12.6. The Morgan fingerprint density at radius 3 is 2.89 bits per heavy atom. The number of hydrogen-bond acceptors (Lipinski definition) is 5. The molecule has 0 saturated carbocycles. The van der Waals surface area contributed by atoms with Crippen molar-refractivity contribution in [2.45, 2.75) is 10.6 Å². The molecule has 2 heterocycles. The zero-order chi connectivity index (χ0) is 13.0. The molecule has 3 N–H and O–H groups in total. The van der Waals surface area contributed by atoms with Crippen LogP contribution in [-0.2, 0) is 12.8 Å². The minimum absolute atomic E-state index is 0.339. The van der Waals surface area contributed by atoms with Crippen molar-refractivity contribution in [3.8, 4) is 0 Å². The van der Waals surface area contributed by atoms with Crippen molar-refractivity contribution in [2.75, 3.05) is 0 Å². The van der Waals surface area contributed by atoms with E-state index in [4.69, 9.17) is 5.84 Å². The van der Waals surface area contributed by atoms with Crippen LogP contribution in [0.15, 0.2) is 35.6 Å². The van der Waals surface area contributed by atoms with Crippen molar-refractivity contribution in [3.05, 3.63) is 42.0 Å². The van der Waals surface area contributed by atoms with E-state index in [0.29, 0.717) is 5.56 Å². The number of nitrogens with zero attached hydrogens (tertiary/aromatic N) is 3. The van der Waals surface area contributed by atoms with E-state index in [2.05, 4.69) is 15.5 Å². The predicted molar refractivity (Wildman–Crippen MR) is 68.7 cm³/mol. The predicted octanol–water partition coefficient (Wildman–Crippen LogP) is 0.711. The van der Waals surface area contributed by atoms with Gasteiger partial charge in [0.2, 0.25) is 0 Å². The van der Waals surface area contributed by atoms with Gasteiger partial charge in [0.25, 0.3) is 5.91 Å². The number of thioether (sulfide) groups is 1. The van der Waals surface area contributed by atoms with Crippen molar-refractivity contribution in [3.63, 3.8) is 0 Å². The Hall–Kier alpha value is -1.86. The lowest BCUT2D eigenvalue weighted by molar-refractivity contribution is 0.0953. The molecule has 0 saturated heterocycles. The Morgan fingerprint density at radius 1 is 1.50 bits per heavy atom. The lowest BCUT2D eigenvalue weighted by atomic mass is 10.2. The Kier molecular flexibility index (Phi) is 3.96. The molecule has 6 nitrogen and oxygen atoms in total. The summed E-state index contributed by atoms with van der Waals surface area (Å²) in [6.45, 7) is 0. The number of carbonyl (C=O) groups is 1. The summed E-state index contributed by atoms with van der Waals surface area (Å²) in [6, 6.07) is 3.52. The topological polar surface area (TPSA) is 85.8 Å². The molecule has 0 bridgehead atoms. The van der Waals surface area contributed by atoms with Gasteiger partial charge in [-0.15, -0.1) is 11.8 Å². The molecule has 0 unspecified atom stereocenters. The highest BCUT2D eigenvalue weighted by Gasteiger charge is 2.04. The SMILES string of the molecule is Cn1cc(SCc2ccc(C(=O)NN)cn2)cn1. The zero-order valence-corrected chi connectivity index (χ0v) is 10.6. The molecule has 2 aromatic rings. The quantitative estimate of drug-likeness (QED) is 0.367. The van der Waals surface area contributed by atoms with E-state index < -0.39 is 0 Å². The van der Waals surface area contributed by atoms with E-state index >= 15 is 0 Å². The monoisotopic (exact) mass is 263 g/mol. The van der Waals surface area contributed by atoms with Gasteiger partial charge in [-0.2, -0.15) is 5.10 Å². The normalized spacial score (nSPS) is 10.3. The number of carbonyl (C=O) groups excluding carboxylic acids is 1. The molecule has 2 rings (SSSR count). The lowest BCUT2D eigenvalue weighted by Crippen LogP contribution is -2.30. The molecule has 0 fully saturated rings. The average Bonchev–Trinajstić information content (AvgIpc) is 2.82. The minimum Gasteiger partial charge on any atom is -0.290 e. The van der Waals surface area contributed by atoms with E-state index in [0.717, 1.165) is 16.3 Å². The molecule has 0 aromatic carbocycles. The highest BCUT2D eigenvalue weighted by atomic mass is 32.2. The first-order chi connectivity index (χ1) is 8.69. The molecule has 0 spiro atoms. The second-order valence-corrected chi connectivity index (χ2v) is 4.70. The van der Waals surface area contributed by atoms with E-state index in [1.54, 1.807) is 28.7 Å². The number of nitrogens with two attached hydrogens (primary N) is 1. The van der Waals surface area contributed by atoms with Crippen molar-refractivity contribution < 1.29 is 4.79 Å². The summed E-state index contributed by atoms with van der Waals surface area (Å²) in [4.78, 5) is 16.5. The number of nitrogens with one attached hydrogen (secondary N) is 1. The van der Waals surface area contributed by atoms with Crippen molar-refractivity contribution in [1.82, 2.24) is 20.2 Å². The van der Waals surface area contributed by atoms with Gasteiger partial charge < -0.3 is 0 Å². The third kappa shape index (κ3) is 3.08. The first-order valence-corrected chi connectivity index (χ1v) is 6.25. The highest BCUT2D eigenvalue weighted by Crippen LogP contribution is 2.20. The Bertz CT molecular complexity index is 537. The standard InChI is InChI=1S/C11H13N5OS/c1-16-6-10(5-14-16)18-7-9-3-2-8(4-13-9)11(17)15-12/h2-6H,7,12H2,1H3,(H,15,17). The van der Waals surface area contributed by atoms with Gasteiger partial charge in [-0.25, -0.2) is 5.84 Å². The Morgan fingerprint density at radius 2 is 2.33 bits per heavy atom. The number of aromatic nitrogens is 3. The van der Waals surface area contributed by atoms with Gasteiger partial charge >= 0.3 is 0 Å². The van der Waals surface area contributed by atoms with Crippen LogP contribution in [0.4, 0.5) is 0 Å². The Balaban J connectivity index is 1.96. The highest BCUT2D eigenvalue weighted by molar-refractivity contribution is 7.98. The zero-order valence-electron chi connectivity index (χ0n) is 9.83. The van der Waals surface area contributed by atoms with Gasteiger partial charge in [-0.1, -0.05) is 0 Å². The summed E-state index contributed by atoms with van der Waals surface area (Å²) >= 11 is 1.64. The second-order valence-electron chi connectivity index (χ2n) is 3.65. The van der Waals surface area contributed by atoms with Crippen LogP contribution in [0.25, 0.3) is 0 Å². The fourth-order valence-electron chi connectivity index (χ4n) is 1.36. The molecule has 2 aromatic heterocycles.